The van der Waals surface area contributed by atoms with Crippen LogP contribution in [-0.4, -0.2) is 50.5 Å². The topological polar surface area (TPSA) is 92.2 Å². The lowest BCUT2D eigenvalue weighted by Crippen LogP contribution is -2.45. The molecule has 1 aliphatic carbocycles. The summed E-state index contributed by atoms with van der Waals surface area (Å²) in [5, 5.41) is 14.7. The molecule has 32 heavy (non-hydrogen) atoms. The van der Waals surface area contributed by atoms with E-state index in [4.69, 9.17) is 0 Å². The first-order chi connectivity index (χ1) is 15.3. The third-order valence-corrected chi connectivity index (χ3v) is 6.63. The van der Waals surface area contributed by atoms with Crippen LogP contribution in [0, 0.1) is 12.8 Å². The summed E-state index contributed by atoms with van der Waals surface area (Å²) >= 11 is 0. The van der Waals surface area contributed by atoms with Crippen LogP contribution in [0.3, 0.4) is 0 Å². The van der Waals surface area contributed by atoms with Crippen LogP contribution in [0.1, 0.15) is 73.8 Å². The van der Waals surface area contributed by atoms with Crippen LogP contribution in [0.5, 0.6) is 0 Å². The van der Waals surface area contributed by atoms with Crippen molar-refractivity contribution in [3.63, 3.8) is 0 Å². The Hall–Kier alpha value is -2.90. The van der Waals surface area contributed by atoms with Gasteiger partial charge in [-0.25, -0.2) is 9.48 Å². The van der Waals surface area contributed by atoms with Gasteiger partial charge in [0.25, 0.3) is 5.91 Å². The predicted molar refractivity (Wildman–Crippen MR) is 123 cm³/mol. The number of carbonyl (C=O) groups is 2. The molecule has 0 saturated heterocycles. The number of aromatic nitrogens is 3. The molecule has 8 heteroatoms. The van der Waals surface area contributed by atoms with Crippen molar-refractivity contribution in [2.75, 3.05) is 6.54 Å². The maximum absolute atomic E-state index is 12.9. The number of fused-ring (bicyclic) bond motifs is 1. The van der Waals surface area contributed by atoms with Gasteiger partial charge >= 0.3 is 6.03 Å². The van der Waals surface area contributed by atoms with Gasteiger partial charge in [-0.15, -0.1) is 5.10 Å². The molecule has 0 atom stereocenters. The normalized spacial score (nSPS) is 20.7. The van der Waals surface area contributed by atoms with Gasteiger partial charge in [-0.3, -0.25) is 4.79 Å². The van der Waals surface area contributed by atoms with E-state index >= 15 is 0 Å². The van der Waals surface area contributed by atoms with E-state index in [9.17, 15) is 9.59 Å². The summed E-state index contributed by atoms with van der Waals surface area (Å²) in [4.78, 5) is 27.1. The number of benzene rings is 1. The second kappa shape index (κ2) is 9.30. The Kier molecular flexibility index (Phi) is 6.48. The molecule has 1 aromatic carbocycles. The highest BCUT2D eigenvalue weighted by atomic mass is 16.2. The molecule has 1 aromatic heterocycles. The standard InChI is InChI=1S/C24H34N6O2/c1-15(2)25-24(32)29-13-12-20-18(14-29)6-5-7-21(20)30-17(4)22(27-28-30)23(31)26-19-10-8-16(3)9-11-19/h5-7,15-16,19H,8-14H2,1-4H3,(H,25,32)(H,26,31). The molecule has 3 amide bonds. The first kappa shape index (κ1) is 22.3. The van der Waals surface area contributed by atoms with Crippen LogP contribution >= 0.6 is 0 Å². The van der Waals surface area contributed by atoms with E-state index in [0.29, 0.717) is 18.8 Å². The highest BCUT2D eigenvalue weighted by Gasteiger charge is 2.27. The fourth-order valence-electron chi connectivity index (χ4n) is 4.73. The quantitative estimate of drug-likeness (QED) is 0.766. The van der Waals surface area contributed by atoms with E-state index in [2.05, 4.69) is 33.9 Å². The molecule has 2 aliphatic rings. The molecular weight excluding hydrogens is 404 g/mol. The molecule has 0 spiro atoms. The van der Waals surface area contributed by atoms with Crippen molar-refractivity contribution in [3.05, 3.63) is 40.7 Å². The molecule has 2 aromatic rings. The van der Waals surface area contributed by atoms with Gasteiger partial charge in [0.2, 0.25) is 0 Å². The Labute approximate surface area is 189 Å². The van der Waals surface area contributed by atoms with Crippen molar-refractivity contribution in [1.82, 2.24) is 30.5 Å². The van der Waals surface area contributed by atoms with Crippen LogP contribution < -0.4 is 10.6 Å². The molecule has 0 bridgehead atoms. The maximum Gasteiger partial charge on any atom is 0.317 e. The maximum atomic E-state index is 12.9. The molecule has 172 valence electrons. The van der Waals surface area contributed by atoms with Gasteiger partial charge in [0, 0.05) is 25.2 Å². The Bertz CT molecular complexity index is 990. The molecular formula is C24H34N6O2. The number of amides is 3. The van der Waals surface area contributed by atoms with Crippen LogP contribution in [0.2, 0.25) is 0 Å². The Morgan fingerprint density at radius 2 is 1.91 bits per heavy atom. The summed E-state index contributed by atoms with van der Waals surface area (Å²) in [6.07, 6.45) is 5.08. The molecule has 1 aliphatic heterocycles. The van der Waals surface area contributed by atoms with E-state index in [0.717, 1.165) is 60.5 Å². The third-order valence-electron chi connectivity index (χ3n) is 6.63. The van der Waals surface area contributed by atoms with Crippen molar-refractivity contribution in [2.24, 2.45) is 5.92 Å². The van der Waals surface area contributed by atoms with Gasteiger partial charge < -0.3 is 15.5 Å². The predicted octanol–water partition coefficient (Wildman–Crippen LogP) is 3.36. The second-order valence-electron chi connectivity index (χ2n) is 9.56. The first-order valence-corrected chi connectivity index (χ1v) is 11.7. The average Bonchev–Trinajstić information content (AvgIpc) is 3.15. The zero-order chi connectivity index (χ0) is 22.8. The Morgan fingerprint density at radius 1 is 1.16 bits per heavy atom. The molecule has 1 fully saturated rings. The second-order valence-corrected chi connectivity index (χ2v) is 9.56. The zero-order valence-electron chi connectivity index (χ0n) is 19.5. The van der Waals surface area contributed by atoms with Gasteiger partial charge in [0.15, 0.2) is 5.69 Å². The minimum Gasteiger partial charge on any atom is -0.348 e. The fourth-order valence-corrected chi connectivity index (χ4v) is 4.73. The summed E-state index contributed by atoms with van der Waals surface area (Å²) in [7, 11) is 0. The van der Waals surface area contributed by atoms with E-state index < -0.39 is 0 Å². The first-order valence-electron chi connectivity index (χ1n) is 11.7. The van der Waals surface area contributed by atoms with Crippen molar-refractivity contribution >= 4 is 11.9 Å². The van der Waals surface area contributed by atoms with Gasteiger partial charge in [0.1, 0.15) is 0 Å². The van der Waals surface area contributed by atoms with Gasteiger partial charge in [-0.05, 0) is 76.0 Å². The zero-order valence-corrected chi connectivity index (χ0v) is 19.5. The van der Waals surface area contributed by atoms with E-state index in [-0.39, 0.29) is 24.0 Å². The third kappa shape index (κ3) is 4.64. The Balaban J connectivity index is 1.51. The number of hydrogen-bond acceptors (Lipinski definition) is 4. The minimum atomic E-state index is -0.144. The highest BCUT2D eigenvalue weighted by molar-refractivity contribution is 5.93. The Morgan fingerprint density at radius 3 is 2.62 bits per heavy atom. The SMILES string of the molecule is Cc1c(C(=O)NC2CCC(C)CC2)nnn1-c1cccc2c1CCN(C(=O)NC(C)C)C2. The van der Waals surface area contributed by atoms with Crippen molar-refractivity contribution in [2.45, 2.75) is 78.4 Å². The summed E-state index contributed by atoms with van der Waals surface area (Å²) in [6.45, 7) is 9.28. The molecule has 0 unspecified atom stereocenters. The number of nitrogens with one attached hydrogen (secondary N) is 2. The molecule has 4 rings (SSSR count). The highest BCUT2D eigenvalue weighted by Crippen LogP contribution is 2.27. The van der Waals surface area contributed by atoms with E-state index in [1.54, 1.807) is 4.68 Å². The lowest BCUT2D eigenvalue weighted by atomic mass is 9.87. The van der Waals surface area contributed by atoms with Gasteiger partial charge in [-0.1, -0.05) is 24.3 Å². The summed E-state index contributed by atoms with van der Waals surface area (Å²) < 4.78 is 1.76. The van der Waals surface area contributed by atoms with Crippen molar-refractivity contribution in [1.29, 1.82) is 0 Å². The number of carbonyl (C=O) groups excluding carboxylic acids is 2. The van der Waals surface area contributed by atoms with Crippen LogP contribution in [0.25, 0.3) is 5.69 Å². The summed E-state index contributed by atoms with van der Waals surface area (Å²) in [6, 6.07) is 6.32. The number of hydrogen-bond donors (Lipinski definition) is 2. The van der Waals surface area contributed by atoms with E-state index in [1.807, 2.05) is 37.8 Å². The summed E-state index contributed by atoms with van der Waals surface area (Å²) in [5.41, 5.74) is 4.31. The van der Waals surface area contributed by atoms with Crippen LogP contribution in [0.15, 0.2) is 18.2 Å². The molecule has 2 N–H and O–H groups in total. The number of nitrogens with zero attached hydrogens (tertiary/aromatic N) is 4. The monoisotopic (exact) mass is 438 g/mol. The van der Waals surface area contributed by atoms with Crippen molar-refractivity contribution in [3.8, 4) is 5.69 Å². The van der Waals surface area contributed by atoms with Crippen LogP contribution in [0.4, 0.5) is 4.79 Å². The van der Waals surface area contributed by atoms with Crippen molar-refractivity contribution < 1.29 is 9.59 Å². The number of urea groups is 1. The van der Waals surface area contributed by atoms with Crippen LogP contribution in [-0.2, 0) is 13.0 Å². The fraction of sp³-hybridized carbons (Fsp3) is 0.583. The summed E-state index contributed by atoms with van der Waals surface area (Å²) in [5.74, 6) is 0.594. The van der Waals surface area contributed by atoms with Gasteiger partial charge in [0.05, 0.1) is 11.4 Å². The lowest BCUT2D eigenvalue weighted by Gasteiger charge is -2.30. The molecule has 2 heterocycles. The molecule has 0 radical (unpaired) electrons. The number of rotatable bonds is 4. The average molecular weight is 439 g/mol. The lowest BCUT2D eigenvalue weighted by molar-refractivity contribution is 0.0917. The van der Waals surface area contributed by atoms with E-state index in [1.165, 1.54) is 0 Å². The molecule has 1 saturated carbocycles. The molecule has 8 nitrogen and oxygen atoms in total. The largest absolute Gasteiger partial charge is 0.348 e. The van der Waals surface area contributed by atoms with Gasteiger partial charge in [-0.2, -0.15) is 0 Å². The smallest absolute Gasteiger partial charge is 0.317 e. The minimum absolute atomic E-state index is 0.0379.